The molecule has 0 amide bonds. The van der Waals surface area contributed by atoms with E-state index in [1.54, 1.807) is 0 Å². The number of esters is 1. The van der Waals surface area contributed by atoms with Crippen LogP contribution in [0.1, 0.15) is 65.2 Å². The largest absolute Gasteiger partial charge is 0.433 e. The Morgan fingerprint density at radius 3 is 2.24 bits per heavy atom. The van der Waals surface area contributed by atoms with Crippen molar-refractivity contribution in [3.63, 3.8) is 0 Å². The lowest BCUT2D eigenvalue weighted by molar-refractivity contribution is -0.177. The van der Waals surface area contributed by atoms with Crippen molar-refractivity contribution in [3.05, 3.63) is 0 Å². The second kappa shape index (κ2) is 15.7. The van der Waals surface area contributed by atoms with Crippen molar-refractivity contribution in [1.29, 1.82) is 0 Å². The van der Waals surface area contributed by atoms with Crippen molar-refractivity contribution in [3.8, 4) is 0 Å². The van der Waals surface area contributed by atoms with Gasteiger partial charge in [-0.15, -0.1) is 0 Å². The first-order valence-electron chi connectivity index (χ1n) is 8.23. The first-order valence-corrected chi connectivity index (χ1v) is 8.23. The van der Waals surface area contributed by atoms with E-state index in [9.17, 15) is 9.90 Å². The number of rotatable bonds is 15. The lowest BCUT2D eigenvalue weighted by Crippen LogP contribution is -2.23. The minimum Gasteiger partial charge on any atom is -0.433 e. The minimum absolute atomic E-state index is 0.00413. The van der Waals surface area contributed by atoms with Crippen LogP contribution in [0.2, 0.25) is 0 Å². The van der Waals surface area contributed by atoms with Gasteiger partial charge in [0, 0.05) is 13.0 Å². The van der Waals surface area contributed by atoms with E-state index in [0.29, 0.717) is 26.2 Å². The van der Waals surface area contributed by atoms with Crippen LogP contribution >= 0.6 is 0 Å². The summed E-state index contributed by atoms with van der Waals surface area (Å²) in [4.78, 5) is 11.5. The Kier molecular flexibility index (Phi) is 15.2. The van der Waals surface area contributed by atoms with E-state index in [4.69, 9.17) is 14.2 Å². The van der Waals surface area contributed by atoms with Gasteiger partial charge in [-0.25, -0.2) is 0 Å². The van der Waals surface area contributed by atoms with Crippen molar-refractivity contribution in [2.75, 3.05) is 26.4 Å². The minimum atomic E-state index is -1.18. The van der Waals surface area contributed by atoms with Gasteiger partial charge in [-0.2, -0.15) is 0 Å². The van der Waals surface area contributed by atoms with Crippen molar-refractivity contribution in [2.24, 2.45) is 0 Å². The normalized spacial score (nSPS) is 12.3. The summed E-state index contributed by atoms with van der Waals surface area (Å²) in [5.74, 6) is -0.357. The topological polar surface area (TPSA) is 65.0 Å². The predicted octanol–water partition coefficient (Wildman–Crippen LogP) is 3.04. The Hall–Kier alpha value is -0.650. The number of hydrogen-bond acceptors (Lipinski definition) is 5. The Labute approximate surface area is 129 Å². The van der Waals surface area contributed by atoms with Gasteiger partial charge < -0.3 is 19.3 Å². The molecule has 5 nitrogen and oxygen atoms in total. The Bertz CT molecular complexity index is 233. The molecule has 0 aromatic heterocycles. The molecule has 0 aromatic carbocycles. The van der Waals surface area contributed by atoms with Crippen molar-refractivity contribution in [2.45, 2.75) is 71.5 Å². The Balaban J connectivity index is 3.35. The lowest BCUT2D eigenvalue weighted by atomic mass is 10.1. The molecule has 0 rings (SSSR count). The van der Waals surface area contributed by atoms with Gasteiger partial charge in [0.2, 0.25) is 6.29 Å². The van der Waals surface area contributed by atoms with Crippen LogP contribution in [0.15, 0.2) is 0 Å². The fourth-order valence-corrected chi connectivity index (χ4v) is 1.92. The highest BCUT2D eigenvalue weighted by molar-refractivity contribution is 5.69. The number of aliphatic hydroxyl groups is 1. The number of carbonyl (C=O) groups excluding carboxylic acids is 1. The van der Waals surface area contributed by atoms with Gasteiger partial charge in [0.25, 0.3) is 0 Å². The Morgan fingerprint density at radius 2 is 1.57 bits per heavy atom. The highest BCUT2D eigenvalue weighted by Gasteiger charge is 2.10. The summed E-state index contributed by atoms with van der Waals surface area (Å²) < 4.78 is 15.1. The molecule has 0 bridgehead atoms. The van der Waals surface area contributed by atoms with Gasteiger partial charge in [0.05, 0.1) is 13.2 Å². The molecule has 0 fully saturated rings. The number of aliphatic hydroxyl groups excluding tert-OH is 1. The number of hydrogen-bond donors (Lipinski definition) is 1. The standard InChI is InChI=1S/C16H32O5/c1-3-5-6-7-8-9-10-11-15(17)21-16(18)14-20-13-12-19-4-2/h16,18H,3-14H2,1-2H3. The zero-order valence-electron chi connectivity index (χ0n) is 13.6. The lowest BCUT2D eigenvalue weighted by Gasteiger charge is -2.12. The molecular formula is C16H32O5. The van der Waals surface area contributed by atoms with Crippen LogP contribution in [0, 0.1) is 0 Å². The molecule has 0 spiro atoms. The van der Waals surface area contributed by atoms with Crippen LogP contribution in [-0.4, -0.2) is 43.8 Å². The molecule has 5 heteroatoms. The highest BCUT2D eigenvalue weighted by atomic mass is 16.7. The molecular weight excluding hydrogens is 272 g/mol. The van der Waals surface area contributed by atoms with E-state index in [-0.39, 0.29) is 12.6 Å². The van der Waals surface area contributed by atoms with E-state index >= 15 is 0 Å². The number of unbranched alkanes of at least 4 members (excludes halogenated alkanes) is 6. The zero-order chi connectivity index (χ0) is 15.8. The van der Waals surface area contributed by atoms with Gasteiger partial charge >= 0.3 is 5.97 Å². The van der Waals surface area contributed by atoms with E-state index in [0.717, 1.165) is 19.3 Å². The average molecular weight is 304 g/mol. The SMILES string of the molecule is CCCCCCCCCC(=O)OC(O)COCCOCC. The second-order valence-electron chi connectivity index (χ2n) is 5.09. The molecule has 1 atom stereocenters. The second-order valence-corrected chi connectivity index (χ2v) is 5.09. The molecule has 0 radical (unpaired) electrons. The van der Waals surface area contributed by atoms with Crippen molar-refractivity contribution < 1.29 is 24.1 Å². The monoisotopic (exact) mass is 304 g/mol. The molecule has 21 heavy (non-hydrogen) atoms. The molecule has 0 aliphatic carbocycles. The van der Waals surface area contributed by atoms with Gasteiger partial charge in [-0.3, -0.25) is 4.79 Å². The molecule has 0 aromatic rings. The van der Waals surface area contributed by atoms with Crippen LogP contribution in [0.3, 0.4) is 0 Å². The summed E-state index contributed by atoms with van der Waals surface area (Å²) >= 11 is 0. The van der Waals surface area contributed by atoms with Crippen molar-refractivity contribution in [1.82, 2.24) is 0 Å². The first kappa shape index (κ1) is 20.3. The molecule has 0 saturated heterocycles. The van der Waals surface area contributed by atoms with E-state index in [2.05, 4.69) is 6.92 Å². The first-order chi connectivity index (χ1) is 10.2. The fourth-order valence-electron chi connectivity index (χ4n) is 1.92. The summed E-state index contributed by atoms with van der Waals surface area (Å²) in [5.41, 5.74) is 0. The highest BCUT2D eigenvalue weighted by Crippen LogP contribution is 2.09. The van der Waals surface area contributed by atoms with E-state index in [1.807, 2.05) is 6.92 Å². The molecule has 1 N–H and O–H groups in total. The molecule has 0 aliphatic rings. The maximum atomic E-state index is 11.5. The predicted molar refractivity (Wildman–Crippen MR) is 82.0 cm³/mol. The summed E-state index contributed by atoms with van der Waals surface area (Å²) in [7, 11) is 0. The van der Waals surface area contributed by atoms with Gasteiger partial charge in [-0.05, 0) is 13.3 Å². The molecule has 1 unspecified atom stereocenters. The van der Waals surface area contributed by atoms with Crippen LogP contribution in [-0.2, 0) is 19.0 Å². The third-order valence-electron chi connectivity index (χ3n) is 3.09. The fraction of sp³-hybridized carbons (Fsp3) is 0.938. The summed E-state index contributed by atoms with van der Waals surface area (Å²) in [6, 6.07) is 0. The molecule has 0 saturated carbocycles. The Morgan fingerprint density at radius 1 is 0.952 bits per heavy atom. The van der Waals surface area contributed by atoms with Gasteiger partial charge in [0.1, 0.15) is 6.61 Å². The number of ether oxygens (including phenoxy) is 3. The molecule has 126 valence electrons. The molecule has 0 aliphatic heterocycles. The van der Waals surface area contributed by atoms with Crippen LogP contribution in [0.25, 0.3) is 0 Å². The van der Waals surface area contributed by atoms with Crippen LogP contribution in [0.5, 0.6) is 0 Å². The van der Waals surface area contributed by atoms with Crippen molar-refractivity contribution >= 4 is 5.97 Å². The maximum absolute atomic E-state index is 11.5. The smallest absolute Gasteiger partial charge is 0.308 e. The summed E-state index contributed by atoms with van der Waals surface area (Å²) in [6.45, 7) is 5.60. The quantitative estimate of drug-likeness (QED) is 0.286. The zero-order valence-corrected chi connectivity index (χ0v) is 13.6. The summed E-state index contributed by atoms with van der Waals surface area (Å²) in [5, 5.41) is 9.47. The average Bonchev–Trinajstić information content (AvgIpc) is 2.46. The summed E-state index contributed by atoms with van der Waals surface area (Å²) in [6.07, 6.45) is 7.26. The van der Waals surface area contributed by atoms with Gasteiger partial charge in [-0.1, -0.05) is 45.4 Å². The van der Waals surface area contributed by atoms with E-state index < -0.39 is 6.29 Å². The molecule has 0 heterocycles. The van der Waals surface area contributed by atoms with Gasteiger partial charge in [0.15, 0.2) is 0 Å². The van der Waals surface area contributed by atoms with E-state index in [1.165, 1.54) is 25.7 Å². The maximum Gasteiger partial charge on any atom is 0.308 e. The third kappa shape index (κ3) is 15.6. The van der Waals surface area contributed by atoms with Crippen LogP contribution in [0.4, 0.5) is 0 Å². The van der Waals surface area contributed by atoms with Crippen LogP contribution < -0.4 is 0 Å². The number of carbonyl (C=O) groups is 1. The third-order valence-corrected chi connectivity index (χ3v) is 3.09.